The Morgan fingerprint density at radius 1 is 0.472 bits per heavy atom. The second kappa shape index (κ2) is 9.54. The quantitative estimate of drug-likeness (QED) is 0.120. The third-order valence-electron chi connectivity index (χ3n) is 5.76. The monoisotopic (exact) mass is 534 g/mol. The fourth-order valence-electron chi connectivity index (χ4n) is 4.24. The van der Waals surface area contributed by atoms with Gasteiger partial charge < -0.3 is 0 Å². The van der Waals surface area contributed by atoms with Gasteiger partial charge in [0.1, 0.15) is 16.1 Å². The third kappa shape index (κ3) is 5.29. The number of thiophene rings is 2. The molecule has 0 nitrogen and oxygen atoms in total. The molecular formula is C32H30S2Si2. The Labute approximate surface area is 225 Å². The Bertz CT molecular complexity index is 1530. The van der Waals surface area contributed by atoms with E-state index in [0.717, 1.165) is 9.75 Å². The second-order valence-corrected chi connectivity index (χ2v) is 22.8. The topological polar surface area (TPSA) is 0 Å². The number of benzene rings is 3. The minimum atomic E-state index is -1.42. The Morgan fingerprint density at radius 2 is 0.806 bits per heavy atom. The summed E-state index contributed by atoms with van der Waals surface area (Å²) in [6, 6.07) is 26.6. The summed E-state index contributed by atoms with van der Waals surface area (Å²) in [5.41, 5.74) is 9.67. The van der Waals surface area contributed by atoms with Crippen molar-refractivity contribution in [2.75, 3.05) is 0 Å². The molecule has 2 heterocycles. The average molecular weight is 535 g/mol. The molecule has 0 spiro atoms. The molecule has 178 valence electrons. The molecule has 0 unspecified atom stereocenters. The fraction of sp³-hybridized carbons (Fsp3) is 0.188. The molecule has 0 atom stereocenters. The van der Waals surface area contributed by atoms with E-state index in [1.54, 1.807) is 0 Å². The van der Waals surface area contributed by atoms with E-state index in [1.807, 2.05) is 22.7 Å². The van der Waals surface area contributed by atoms with Gasteiger partial charge in [0, 0.05) is 20.9 Å². The Morgan fingerprint density at radius 3 is 1.11 bits per heavy atom. The van der Waals surface area contributed by atoms with E-state index in [9.17, 15) is 0 Å². The molecular weight excluding hydrogens is 505 g/mol. The summed E-state index contributed by atoms with van der Waals surface area (Å²) in [5, 5.41) is 5.17. The molecule has 0 aliphatic carbocycles. The normalized spacial score (nSPS) is 11.7. The van der Waals surface area contributed by atoms with Crippen LogP contribution < -0.4 is 0 Å². The van der Waals surface area contributed by atoms with Gasteiger partial charge in [0.15, 0.2) is 0 Å². The third-order valence-corrected chi connectivity index (χ3v) is 9.54. The lowest BCUT2D eigenvalue weighted by atomic mass is 9.90. The second-order valence-electron chi connectivity index (χ2n) is 11.2. The van der Waals surface area contributed by atoms with Crippen LogP contribution in [-0.2, 0) is 0 Å². The molecule has 0 saturated heterocycles. The number of hydrogen-bond acceptors (Lipinski definition) is 2. The van der Waals surface area contributed by atoms with Crippen molar-refractivity contribution in [3.8, 4) is 43.8 Å². The fourth-order valence-corrected chi connectivity index (χ4v) is 7.30. The molecule has 0 radical (unpaired) electrons. The van der Waals surface area contributed by atoms with E-state index in [-0.39, 0.29) is 0 Å². The maximum atomic E-state index is 3.52. The maximum absolute atomic E-state index is 3.52. The van der Waals surface area contributed by atoms with Gasteiger partial charge in [-0.2, -0.15) is 0 Å². The van der Waals surface area contributed by atoms with E-state index in [0.29, 0.717) is 0 Å². The highest BCUT2D eigenvalue weighted by Crippen LogP contribution is 2.46. The number of hydrogen-bond donors (Lipinski definition) is 0. The lowest BCUT2D eigenvalue weighted by Crippen LogP contribution is -2.16. The summed E-state index contributed by atoms with van der Waals surface area (Å²) < 4.78 is 0. The van der Waals surface area contributed by atoms with E-state index >= 15 is 0 Å². The summed E-state index contributed by atoms with van der Waals surface area (Å²) in [6.07, 6.45) is 0. The van der Waals surface area contributed by atoms with Crippen LogP contribution in [0.1, 0.15) is 9.75 Å². The lowest BCUT2D eigenvalue weighted by molar-refractivity contribution is 1.74. The average Bonchev–Trinajstić information content (AvgIpc) is 3.48. The highest BCUT2D eigenvalue weighted by molar-refractivity contribution is 7.16. The summed E-state index contributed by atoms with van der Waals surface area (Å²) in [7, 11) is -2.84. The first-order chi connectivity index (χ1) is 17.1. The zero-order valence-electron chi connectivity index (χ0n) is 21.7. The molecule has 0 aliphatic heterocycles. The number of rotatable bonds is 2. The summed E-state index contributed by atoms with van der Waals surface area (Å²) >= 11 is 3.62. The largest absolute Gasteiger partial charge is 0.129 e. The van der Waals surface area contributed by atoms with Crippen LogP contribution in [0.15, 0.2) is 72.8 Å². The highest BCUT2D eigenvalue weighted by atomic mass is 32.1. The van der Waals surface area contributed by atoms with Gasteiger partial charge >= 0.3 is 0 Å². The highest BCUT2D eigenvalue weighted by Gasteiger charge is 2.18. The standard InChI is InChI=1S/C32H30S2Si2/c1-35(2,3)21-19-23-15-17-29(33-23)31-25-11-7-9-13-27(25)32(28-14-10-8-12-26(28)31)30-18-16-24(34-30)20-22-36(4,5)6/h7-18H,1-6H3. The zero-order chi connectivity index (χ0) is 25.5. The molecule has 0 fully saturated rings. The van der Waals surface area contributed by atoms with Gasteiger partial charge in [0.2, 0.25) is 0 Å². The molecule has 0 amide bonds. The molecule has 2 aromatic heterocycles. The summed E-state index contributed by atoms with van der Waals surface area (Å²) in [5.74, 6) is 6.91. The SMILES string of the molecule is C[Si](C)(C)C#Cc1ccc(-c2c3ccccc3c(-c3ccc(C#C[Si](C)(C)C)s3)c3ccccc23)s1. The van der Waals surface area contributed by atoms with Crippen LogP contribution in [0.3, 0.4) is 0 Å². The molecule has 0 bridgehead atoms. The first-order valence-corrected chi connectivity index (χ1v) is 20.9. The van der Waals surface area contributed by atoms with Crippen molar-refractivity contribution in [2.45, 2.75) is 39.3 Å². The molecule has 0 aliphatic rings. The van der Waals surface area contributed by atoms with Crippen LogP contribution in [0.4, 0.5) is 0 Å². The van der Waals surface area contributed by atoms with Crippen molar-refractivity contribution in [1.29, 1.82) is 0 Å². The predicted molar refractivity (Wildman–Crippen MR) is 169 cm³/mol. The van der Waals surface area contributed by atoms with Gasteiger partial charge in [-0.1, -0.05) is 99.7 Å². The molecule has 3 aromatic carbocycles. The van der Waals surface area contributed by atoms with Crippen LogP contribution in [0.5, 0.6) is 0 Å². The first-order valence-electron chi connectivity index (χ1n) is 12.3. The van der Waals surface area contributed by atoms with Crippen LogP contribution in [0.2, 0.25) is 39.3 Å². The van der Waals surface area contributed by atoms with Gasteiger partial charge in [-0.05, 0) is 45.8 Å². The van der Waals surface area contributed by atoms with Crippen LogP contribution in [0, 0.1) is 22.9 Å². The lowest BCUT2D eigenvalue weighted by Gasteiger charge is -2.15. The van der Waals surface area contributed by atoms with Gasteiger partial charge in [-0.15, -0.1) is 33.8 Å². The zero-order valence-corrected chi connectivity index (χ0v) is 25.4. The minimum Gasteiger partial charge on any atom is -0.127 e. The van der Waals surface area contributed by atoms with Crippen molar-refractivity contribution >= 4 is 60.4 Å². The Balaban J connectivity index is 1.74. The minimum absolute atomic E-state index is 1.15. The van der Waals surface area contributed by atoms with Gasteiger partial charge in [0.25, 0.3) is 0 Å². The van der Waals surface area contributed by atoms with Crippen LogP contribution >= 0.6 is 22.7 Å². The Kier molecular flexibility index (Phi) is 6.58. The van der Waals surface area contributed by atoms with Crippen molar-refractivity contribution in [3.05, 3.63) is 82.6 Å². The van der Waals surface area contributed by atoms with Crippen molar-refractivity contribution < 1.29 is 0 Å². The maximum Gasteiger partial charge on any atom is 0.129 e. The van der Waals surface area contributed by atoms with E-state index in [2.05, 4.69) is 135 Å². The van der Waals surface area contributed by atoms with Gasteiger partial charge in [-0.3, -0.25) is 0 Å². The van der Waals surface area contributed by atoms with Crippen LogP contribution in [0.25, 0.3) is 42.4 Å². The first kappa shape index (κ1) is 24.8. The van der Waals surface area contributed by atoms with Crippen LogP contribution in [-0.4, -0.2) is 16.1 Å². The molecule has 5 aromatic rings. The molecule has 0 N–H and O–H groups in total. The smallest absolute Gasteiger partial charge is 0.127 e. The van der Waals surface area contributed by atoms with E-state index < -0.39 is 16.1 Å². The van der Waals surface area contributed by atoms with Gasteiger partial charge in [0.05, 0.1) is 9.75 Å². The summed E-state index contributed by atoms with van der Waals surface area (Å²) in [4.78, 5) is 4.85. The molecule has 36 heavy (non-hydrogen) atoms. The van der Waals surface area contributed by atoms with Gasteiger partial charge in [-0.25, -0.2) is 0 Å². The molecule has 4 heteroatoms. The molecule has 0 saturated carbocycles. The van der Waals surface area contributed by atoms with Crippen molar-refractivity contribution in [2.24, 2.45) is 0 Å². The number of fused-ring (bicyclic) bond motifs is 2. The van der Waals surface area contributed by atoms with E-state index in [1.165, 1.54) is 42.4 Å². The van der Waals surface area contributed by atoms with E-state index in [4.69, 9.17) is 0 Å². The predicted octanol–water partition coefficient (Wildman–Crippen LogP) is 9.91. The Hall–Kier alpha value is -2.87. The van der Waals surface area contributed by atoms with Crippen molar-refractivity contribution in [3.63, 3.8) is 0 Å². The van der Waals surface area contributed by atoms with Crippen molar-refractivity contribution in [1.82, 2.24) is 0 Å². The molecule has 5 rings (SSSR count). The summed E-state index contributed by atoms with van der Waals surface area (Å²) in [6.45, 7) is 13.8.